The van der Waals surface area contributed by atoms with E-state index in [0.29, 0.717) is 4.47 Å². The molecule has 0 aliphatic heterocycles. The van der Waals surface area contributed by atoms with Crippen LogP contribution >= 0.6 is 15.9 Å². The average Bonchev–Trinajstić information content (AvgIpc) is 2.42. The van der Waals surface area contributed by atoms with E-state index in [0.717, 1.165) is 18.2 Å². The van der Waals surface area contributed by atoms with Crippen molar-refractivity contribution in [3.05, 3.63) is 57.8 Å². The van der Waals surface area contributed by atoms with Crippen molar-refractivity contribution in [2.45, 2.75) is 0 Å². The van der Waals surface area contributed by atoms with Gasteiger partial charge in [0.25, 0.3) is 5.91 Å². The second kappa shape index (κ2) is 6.17. The Morgan fingerprint density at radius 2 is 1.71 bits per heavy atom. The second-order valence-electron chi connectivity index (χ2n) is 4.14. The maximum atomic E-state index is 13.6. The molecule has 0 saturated heterocycles. The molecule has 0 fully saturated rings. The third-order valence-corrected chi connectivity index (χ3v) is 3.42. The molecule has 0 spiro atoms. The Kier molecular flexibility index (Phi) is 4.52. The Bertz CT molecular complexity index is 684. The molecule has 0 radical (unpaired) electrons. The van der Waals surface area contributed by atoms with Crippen molar-refractivity contribution in [3.8, 4) is 0 Å². The van der Waals surface area contributed by atoms with Crippen LogP contribution in [0.3, 0.4) is 0 Å². The van der Waals surface area contributed by atoms with Gasteiger partial charge in [-0.1, -0.05) is 0 Å². The third-order valence-electron chi connectivity index (χ3n) is 2.73. The van der Waals surface area contributed by atoms with Crippen LogP contribution in [0.15, 0.2) is 34.8 Å². The van der Waals surface area contributed by atoms with Gasteiger partial charge in [0, 0.05) is 17.1 Å². The SMILES string of the molecule is CNc1c(F)cc(C(=O)Nc2cc(F)ccc2Br)cc1F. The molecular weight excluding hydrogens is 349 g/mol. The molecule has 110 valence electrons. The highest BCUT2D eigenvalue weighted by Gasteiger charge is 2.15. The van der Waals surface area contributed by atoms with E-state index in [9.17, 15) is 18.0 Å². The molecule has 0 aliphatic carbocycles. The first-order chi connectivity index (χ1) is 9.92. The Hall–Kier alpha value is -2.02. The number of halogens is 4. The molecule has 2 aromatic rings. The van der Waals surface area contributed by atoms with Crippen molar-refractivity contribution in [2.75, 3.05) is 17.7 Å². The largest absolute Gasteiger partial charge is 0.383 e. The first-order valence-electron chi connectivity index (χ1n) is 5.85. The number of hydrogen-bond donors (Lipinski definition) is 2. The molecule has 3 nitrogen and oxygen atoms in total. The number of benzene rings is 2. The fourth-order valence-corrected chi connectivity index (χ4v) is 2.08. The molecule has 0 saturated carbocycles. The molecule has 7 heteroatoms. The molecule has 0 aliphatic rings. The summed E-state index contributed by atoms with van der Waals surface area (Å²) in [5, 5.41) is 4.74. The second-order valence-corrected chi connectivity index (χ2v) is 5.00. The summed E-state index contributed by atoms with van der Waals surface area (Å²) in [6, 6.07) is 5.52. The minimum Gasteiger partial charge on any atom is -0.383 e. The molecule has 2 aromatic carbocycles. The average molecular weight is 359 g/mol. The number of rotatable bonds is 3. The molecular formula is C14H10BrF3N2O. The van der Waals surface area contributed by atoms with E-state index >= 15 is 0 Å². The van der Waals surface area contributed by atoms with Crippen LogP contribution in [0.2, 0.25) is 0 Å². The molecule has 2 N–H and O–H groups in total. The van der Waals surface area contributed by atoms with Gasteiger partial charge in [0.05, 0.1) is 5.69 Å². The summed E-state index contributed by atoms with van der Waals surface area (Å²) in [7, 11) is 1.37. The first kappa shape index (κ1) is 15.4. The molecule has 0 aromatic heterocycles. The summed E-state index contributed by atoms with van der Waals surface area (Å²) in [6.07, 6.45) is 0. The number of carbonyl (C=O) groups is 1. The zero-order valence-electron chi connectivity index (χ0n) is 10.8. The van der Waals surface area contributed by atoms with E-state index in [1.54, 1.807) is 0 Å². The van der Waals surface area contributed by atoms with Gasteiger partial charge in [0.15, 0.2) is 0 Å². The standard InChI is InChI=1S/C14H10BrF3N2O/c1-19-13-10(17)4-7(5-11(13)18)14(21)20-12-6-8(16)2-3-9(12)15/h2-6,19H,1H3,(H,20,21). The topological polar surface area (TPSA) is 41.1 Å². The first-order valence-corrected chi connectivity index (χ1v) is 6.65. The summed E-state index contributed by atoms with van der Waals surface area (Å²) in [5.41, 5.74) is -0.364. The Morgan fingerprint density at radius 3 is 2.29 bits per heavy atom. The van der Waals surface area contributed by atoms with Crippen LogP contribution < -0.4 is 10.6 Å². The highest BCUT2D eigenvalue weighted by molar-refractivity contribution is 9.10. The van der Waals surface area contributed by atoms with E-state index in [-0.39, 0.29) is 16.9 Å². The maximum absolute atomic E-state index is 13.6. The van der Waals surface area contributed by atoms with E-state index < -0.39 is 23.4 Å². The predicted octanol–water partition coefficient (Wildman–Crippen LogP) is 4.16. The lowest BCUT2D eigenvalue weighted by Crippen LogP contribution is -2.14. The molecule has 0 bridgehead atoms. The van der Waals surface area contributed by atoms with Gasteiger partial charge in [-0.05, 0) is 46.3 Å². The van der Waals surface area contributed by atoms with E-state index in [1.807, 2.05) is 0 Å². The molecule has 0 heterocycles. The van der Waals surface area contributed by atoms with Crippen molar-refractivity contribution in [1.82, 2.24) is 0 Å². The van der Waals surface area contributed by atoms with Gasteiger partial charge in [-0.3, -0.25) is 4.79 Å². The van der Waals surface area contributed by atoms with Crippen LogP contribution in [-0.4, -0.2) is 13.0 Å². The number of nitrogens with one attached hydrogen (secondary N) is 2. The highest BCUT2D eigenvalue weighted by Crippen LogP contribution is 2.25. The van der Waals surface area contributed by atoms with Crippen LogP contribution in [0.4, 0.5) is 24.5 Å². The quantitative estimate of drug-likeness (QED) is 0.864. The lowest BCUT2D eigenvalue weighted by Gasteiger charge is -2.10. The lowest BCUT2D eigenvalue weighted by atomic mass is 10.1. The molecule has 2 rings (SSSR count). The summed E-state index contributed by atoms with van der Waals surface area (Å²) in [4.78, 5) is 12.0. The van der Waals surface area contributed by atoms with Gasteiger partial charge < -0.3 is 10.6 Å². The van der Waals surface area contributed by atoms with Gasteiger partial charge in [0.1, 0.15) is 23.1 Å². The van der Waals surface area contributed by atoms with Gasteiger partial charge in [-0.2, -0.15) is 0 Å². The molecule has 21 heavy (non-hydrogen) atoms. The van der Waals surface area contributed by atoms with Crippen LogP contribution in [0.25, 0.3) is 0 Å². The number of hydrogen-bond acceptors (Lipinski definition) is 2. The lowest BCUT2D eigenvalue weighted by molar-refractivity contribution is 0.102. The molecule has 0 atom stereocenters. The normalized spacial score (nSPS) is 10.3. The van der Waals surface area contributed by atoms with Crippen molar-refractivity contribution >= 4 is 33.2 Å². The number of anilines is 2. The van der Waals surface area contributed by atoms with Crippen LogP contribution in [0.5, 0.6) is 0 Å². The van der Waals surface area contributed by atoms with E-state index in [1.165, 1.54) is 19.2 Å². The van der Waals surface area contributed by atoms with Crippen molar-refractivity contribution in [3.63, 3.8) is 0 Å². The summed E-state index contributed by atoms with van der Waals surface area (Å²) in [5.74, 6) is -3.07. The summed E-state index contributed by atoms with van der Waals surface area (Å²) in [6.45, 7) is 0. The summed E-state index contributed by atoms with van der Waals surface area (Å²) < 4.78 is 40.8. The van der Waals surface area contributed by atoms with Crippen LogP contribution in [0.1, 0.15) is 10.4 Å². The van der Waals surface area contributed by atoms with E-state index in [2.05, 4.69) is 26.6 Å². The molecule has 1 amide bonds. The fraction of sp³-hybridized carbons (Fsp3) is 0.0714. The van der Waals surface area contributed by atoms with Gasteiger partial charge in [0.2, 0.25) is 0 Å². The highest BCUT2D eigenvalue weighted by atomic mass is 79.9. The zero-order valence-corrected chi connectivity index (χ0v) is 12.4. The van der Waals surface area contributed by atoms with Crippen molar-refractivity contribution in [2.24, 2.45) is 0 Å². The monoisotopic (exact) mass is 358 g/mol. The zero-order chi connectivity index (χ0) is 15.6. The maximum Gasteiger partial charge on any atom is 0.255 e. The van der Waals surface area contributed by atoms with Gasteiger partial charge >= 0.3 is 0 Å². The molecule has 0 unspecified atom stereocenters. The Morgan fingerprint density at radius 1 is 1.10 bits per heavy atom. The number of amides is 1. The van der Waals surface area contributed by atoms with E-state index in [4.69, 9.17) is 0 Å². The Balaban J connectivity index is 2.31. The van der Waals surface area contributed by atoms with Crippen molar-refractivity contribution < 1.29 is 18.0 Å². The van der Waals surface area contributed by atoms with Crippen LogP contribution in [0, 0.1) is 17.5 Å². The summed E-state index contributed by atoms with van der Waals surface area (Å²) >= 11 is 3.14. The minimum atomic E-state index is -0.888. The third kappa shape index (κ3) is 3.36. The van der Waals surface area contributed by atoms with Gasteiger partial charge in [-0.15, -0.1) is 0 Å². The smallest absolute Gasteiger partial charge is 0.255 e. The van der Waals surface area contributed by atoms with Crippen molar-refractivity contribution in [1.29, 1.82) is 0 Å². The Labute approximate surface area is 127 Å². The predicted molar refractivity (Wildman–Crippen MR) is 78.0 cm³/mol. The fourth-order valence-electron chi connectivity index (χ4n) is 1.73. The number of carbonyl (C=O) groups excluding carboxylic acids is 1. The minimum absolute atomic E-state index is 0.165. The van der Waals surface area contributed by atoms with Crippen LogP contribution in [-0.2, 0) is 0 Å². The van der Waals surface area contributed by atoms with Gasteiger partial charge in [-0.25, -0.2) is 13.2 Å².